The Morgan fingerprint density at radius 2 is 1.90 bits per heavy atom. The molecule has 1 aromatic rings. The van der Waals surface area contributed by atoms with Gasteiger partial charge in [0, 0.05) is 31.5 Å². The number of methoxy groups -OCH3 is 1. The number of ether oxygens (including phenoxy) is 2. The van der Waals surface area contributed by atoms with Gasteiger partial charge in [-0.2, -0.15) is 0 Å². The second kappa shape index (κ2) is 12.2. The van der Waals surface area contributed by atoms with Crippen molar-refractivity contribution in [3.05, 3.63) is 30.3 Å². The predicted molar refractivity (Wildman–Crippen MR) is 135 cm³/mol. The average Bonchev–Trinajstić information content (AvgIpc) is 2.89. The first kappa shape index (κ1) is 29.5. The number of hydrogen-bond donors (Lipinski definition) is 6. The van der Waals surface area contributed by atoms with E-state index in [1.165, 1.54) is 12.0 Å². The molecule has 4 atom stereocenters. The number of carbonyl (C=O) groups is 6. The smallest absolute Gasteiger partial charge is 0.404 e. The van der Waals surface area contributed by atoms with Gasteiger partial charge in [0.15, 0.2) is 0 Å². The Bertz CT molecular complexity index is 1140. The molecule has 2 heterocycles. The summed E-state index contributed by atoms with van der Waals surface area (Å²) < 4.78 is 10.1. The van der Waals surface area contributed by atoms with Crippen LogP contribution in [0.2, 0.25) is 0 Å². The van der Waals surface area contributed by atoms with Crippen LogP contribution in [0.3, 0.4) is 0 Å². The minimum atomic E-state index is -1.74. The molecule has 15 nitrogen and oxygen atoms in total. The van der Waals surface area contributed by atoms with E-state index in [4.69, 9.17) is 15.2 Å². The SMILES string of the molecule is COC1(NC(=O)CCCC(NC(=O)Nc2ccccc2)C(=O)O)C(=O)N2CC(COC(N)=O)(C(=O)O)CS[C@@H]21. The Balaban J connectivity index is 1.53. The fourth-order valence-electron chi connectivity index (χ4n) is 4.23. The number of urea groups is 1. The normalized spacial score (nSPS) is 24.4. The summed E-state index contributed by atoms with van der Waals surface area (Å²) in [6, 6.07) is 6.45. The van der Waals surface area contributed by atoms with Crippen LogP contribution >= 0.6 is 11.8 Å². The maximum Gasteiger partial charge on any atom is 0.404 e. The highest BCUT2D eigenvalue weighted by molar-refractivity contribution is 8.00. The van der Waals surface area contributed by atoms with Crippen molar-refractivity contribution in [1.82, 2.24) is 15.5 Å². The first-order valence-corrected chi connectivity index (χ1v) is 12.8. The van der Waals surface area contributed by atoms with Crippen LogP contribution in [0.4, 0.5) is 15.3 Å². The second-order valence-electron chi connectivity index (χ2n) is 9.03. The van der Waals surface area contributed by atoms with E-state index in [1.54, 1.807) is 30.3 Å². The number of nitrogens with zero attached hydrogens (tertiary/aromatic N) is 1. The largest absolute Gasteiger partial charge is 0.481 e. The van der Waals surface area contributed by atoms with Crippen LogP contribution in [0.25, 0.3) is 0 Å². The molecule has 1 aromatic carbocycles. The van der Waals surface area contributed by atoms with Crippen molar-refractivity contribution in [3.8, 4) is 0 Å². The van der Waals surface area contributed by atoms with Gasteiger partial charge in [-0.3, -0.25) is 14.4 Å². The third kappa shape index (κ3) is 6.51. The summed E-state index contributed by atoms with van der Waals surface area (Å²) in [4.78, 5) is 73.5. The summed E-state index contributed by atoms with van der Waals surface area (Å²) >= 11 is 1.04. The Labute approximate surface area is 226 Å². The first-order chi connectivity index (χ1) is 18.4. The van der Waals surface area contributed by atoms with Crippen LogP contribution in [0.5, 0.6) is 0 Å². The number of anilines is 1. The van der Waals surface area contributed by atoms with Gasteiger partial charge in [-0.15, -0.1) is 11.8 Å². The van der Waals surface area contributed by atoms with Crippen LogP contribution in [-0.2, 0) is 28.7 Å². The van der Waals surface area contributed by atoms with E-state index in [1.807, 2.05) is 0 Å². The number of carboxylic acids is 2. The highest BCUT2D eigenvalue weighted by Crippen LogP contribution is 2.47. The molecule has 3 rings (SSSR count). The molecule has 2 saturated heterocycles. The fourth-order valence-corrected chi connectivity index (χ4v) is 5.85. The molecular weight excluding hydrogens is 538 g/mol. The number of carbonyl (C=O) groups excluding carboxylic acids is 4. The van der Waals surface area contributed by atoms with Gasteiger partial charge in [-0.1, -0.05) is 18.2 Å². The van der Waals surface area contributed by atoms with Crippen LogP contribution in [0.15, 0.2) is 30.3 Å². The monoisotopic (exact) mass is 567 g/mol. The maximum absolute atomic E-state index is 13.0. The average molecular weight is 568 g/mol. The molecule has 39 heavy (non-hydrogen) atoms. The van der Waals surface area contributed by atoms with Crippen molar-refractivity contribution in [3.63, 3.8) is 0 Å². The van der Waals surface area contributed by atoms with E-state index < -0.39 is 65.0 Å². The van der Waals surface area contributed by atoms with Gasteiger partial charge >= 0.3 is 24.1 Å². The van der Waals surface area contributed by atoms with Crippen LogP contribution in [-0.4, -0.2) is 94.1 Å². The molecular formula is C23H29N5O10S. The molecule has 5 amide bonds. The van der Waals surface area contributed by atoms with Gasteiger partial charge in [0.2, 0.25) is 5.91 Å². The fraction of sp³-hybridized carbons (Fsp3) is 0.478. The van der Waals surface area contributed by atoms with Crippen molar-refractivity contribution in [2.75, 3.05) is 31.3 Å². The van der Waals surface area contributed by atoms with Gasteiger partial charge in [0.25, 0.3) is 11.6 Å². The number of fused-ring (bicyclic) bond motifs is 1. The molecule has 2 aliphatic heterocycles. The second-order valence-corrected chi connectivity index (χ2v) is 10.1. The molecule has 0 aromatic heterocycles. The van der Waals surface area contributed by atoms with Gasteiger partial charge in [0.05, 0.1) is 0 Å². The van der Waals surface area contributed by atoms with Crippen LogP contribution in [0.1, 0.15) is 19.3 Å². The number of hydrogen-bond acceptors (Lipinski definition) is 9. The molecule has 2 fully saturated rings. The molecule has 0 saturated carbocycles. The minimum Gasteiger partial charge on any atom is -0.481 e. The highest BCUT2D eigenvalue weighted by atomic mass is 32.2. The van der Waals surface area contributed by atoms with E-state index in [9.17, 15) is 39.0 Å². The lowest BCUT2D eigenvalue weighted by Crippen LogP contribution is -2.82. The number of thioether (sulfide) groups is 1. The van der Waals surface area contributed by atoms with E-state index >= 15 is 0 Å². The topological polar surface area (TPSA) is 227 Å². The molecule has 2 aliphatic rings. The number of amides is 5. The van der Waals surface area contributed by atoms with Gasteiger partial charge < -0.3 is 46.3 Å². The van der Waals surface area contributed by atoms with E-state index in [-0.39, 0.29) is 31.6 Å². The number of nitrogens with one attached hydrogen (secondary N) is 3. The summed E-state index contributed by atoms with van der Waals surface area (Å²) in [6.45, 7) is -0.820. The number of nitrogens with two attached hydrogens (primary N) is 1. The lowest BCUT2D eigenvalue weighted by molar-refractivity contribution is -0.201. The van der Waals surface area contributed by atoms with Gasteiger partial charge in [0.1, 0.15) is 23.4 Å². The van der Waals surface area contributed by atoms with E-state index in [0.717, 1.165) is 11.8 Å². The summed E-state index contributed by atoms with van der Waals surface area (Å²) in [7, 11) is 1.22. The zero-order valence-electron chi connectivity index (χ0n) is 20.9. The van der Waals surface area contributed by atoms with Crippen molar-refractivity contribution < 1.29 is 48.5 Å². The van der Waals surface area contributed by atoms with E-state index in [0.29, 0.717) is 5.69 Å². The molecule has 0 aliphatic carbocycles. The number of primary amides is 1. The molecule has 0 spiro atoms. The number of benzene rings is 1. The van der Waals surface area contributed by atoms with Crippen molar-refractivity contribution in [1.29, 1.82) is 0 Å². The third-order valence-electron chi connectivity index (χ3n) is 6.32. The first-order valence-electron chi connectivity index (χ1n) is 11.7. The van der Waals surface area contributed by atoms with Crippen LogP contribution in [0, 0.1) is 5.41 Å². The lowest BCUT2D eigenvalue weighted by Gasteiger charge is -2.58. The summed E-state index contributed by atoms with van der Waals surface area (Å²) in [5, 5.41) is 25.8. The quantitative estimate of drug-likeness (QED) is 0.145. The molecule has 0 radical (unpaired) electrons. The number of aliphatic carboxylic acids is 2. The van der Waals surface area contributed by atoms with Crippen molar-refractivity contribution >= 4 is 53.3 Å². The standard InChI is InChI=1S/C23H29N5O10S/c1-37-23(17(32)28-10-22(19(33)34,11-38-20(24)35)12-39-18(23)28)27-15(29)9-5-8-14(16(30)31)26-21(36)25-13-6-3-2-4-7-13/h2-4,6-7,14,18H,5,8-12H2,1H3,(H2,24,35)(H,27,29)(H,30,31)(H,33,34)(H2,25,26,36)/t14?,18-,22?,23?/m1/s1. The molecule has 7 N–H and O–H groups in total. The van der Waals surface area contributed by atoms with Gasteiger partial charge in [-0.25, -0.2) is 14.4 Å². The molecule has 0 bridgehead atoms. The zero-order valence-corrected chi connectivity index (χ0v) is 21.7. The number of para-hydroxylation sites is 1. The number of β-lactam (4-membered cyclic amide) rings is 1. The Morgan fingerprint density at radius 1 is 1.21 bits per heavy atom. The molecule has 3 unspecified atom stereocenters. The van der Waals surface area contributed by atoms with Crippen LogP contribution < -0.4 is 21.7 Å². The minimum absolute atomic E-state index is 0.0535. The van der Waals surface area contributed by atoms with Crippen molar-refractivity contribution in [2.24, 2.45) is 11.1 Å². The predicted octanol–water partition coefficient (Wildman–Crippen LogP) is -0.0281. The maximum atomic E-state index is 13.0. The van der Waals surface area contributed by atoms with Gasteiger partial charge in [-0.05, 0) is 25.0 Å². The third-order valence-corrected chi connectivity index (χ3v) is 7.94. The number of carboxylic acid groups (broad SMARTS) is 2. The molecule has 16 heteroatoms. The van der Waals surface area contributed by atoms with E-state index in [2.05, 4.69) is 16.0 Å². The number of rotatable bonds is 12. The summed E-state index contributed by atoms with van der Waals surface area (Å²) in [5.41, 5.74) is 2.11. The Morgan fingerprint density at radius 3 is 2.49 bits per heavy atom. The summed E-state index contributed by atoms with van der Waals surface area (Å²) in [6.07, 6.45) is -1.32. The highest BCUT2D eigenvalue weighted by Gasteiger charge is 2.67. The zero-order chi connectivity index (χ0) is 28.8. The van der Waals surface area contributed by atoms with Crippen molar-refractivity contribution in [2.45, 2.75) is 36.4 Å². The lowest BCUT2D eigenvalue weighted by atomic mass is 9.87. The molecule has 212 valence electrons. The Hall–Kier alpha value is -4.05. The Kier molecular flexibility index (Phi) is 9.24. The summed E-state index contributed by atoms with van der Waals surface area (Å²) in [5.74, 6) is -3.89.